The standard InChI is InChI=1S/C12H18N2O3S/c13-18(16,17)11-5-4-10-3-1-6-14(7-2-8-15)12(10)9-11/h4-5,9,15H,1-3,6-8H2,(H2,13,16,17). The predicted molar refractivity (Wildman–Crippen MR) is 70.1 cm³/mol. The van der Waals surface area contributed by atoms with Gasteiger partial charge in [0.25, 0.3) is 0 Å². The molecular weight excluding hydrogens is 252 g/mol. The second kappa shape index (κ2) is 5.26. The number of sulfonamides is 1. The van der Waals surface area contributed by atoms with E-state index in [4.69, 9.17) is 10.2 Å². The summed E-state index contributed by atoms with van der Waals surface area (Å²) in [6.07, 6.45) is 2.68. The fourth-order valence-corrected chi connectivity index (χ4v) is 2.83. The number of hydrogen-bond acceptors (Lipinski definition) is 4. The summed E-state index contributed by atoms with van der Waals surface area (Å²) in [5.41, 5.74) is 2.08. The molecular formula is C12H18N2O3S. The lowest BCUT2D eigenvalue weighted by molar-refractivity contribution is 0.289. The average Bonchev–Trinajstić information content (AvgIpc) is 2.34. The van der Waals surface area contributed by atoms with E-state index in [1.165, 1.54) is 0 Å². The highest BCUT2D eigenvalue weighted by Crippen LogP contribution is 2.29. The van der Waals surface area contributed by atoms with Crippen molar-refractivity contribution in [1.82, 2.24) is 0 Å². The Morgan fingerprint density at radius 1 is 1.39 bits per heavy atom. The Morgan fingerprint density at radius 3 is 2.83 bits per heavy atom. The zero-order chi connectivity index (χ0) is 13.2. The highest BCUT2D eigenvalue weighted by molar-refractivity contribution is 7.89. The summed E-state index contributed by atoms with van der Waals surface area (Å²) in [5.74, 6) is 0. The minimum atomic E-state index is -3.66. The molecule has 0 saturated heterocycles. The molecule has 5 nitrogen and oxygen atoms in total. The van der Waals surface area contributed by atoms with Gasteiger partial charge in [0.05, 0.1) is 4.90 Å². The molecule has 1 heterocycles. The van der Waals surface area contributed by atoms with Gasteiger partial charge in [0.15, 0.2) is 0 Å². The number of aryl methyl sites for hydroxylation is 1. The van der Waals surface area contributed by atoms with Crippen LogP contribution in [0.15, 0.2) is 23.1 Å². The molecule has 0 amide bonds. The number of nitrogens with two attached hydrogens (primary N) is 1. The van der Waals surface area contributed by atoms with Gasteiger partial charge >= 0.3 is 0 Å². The number of anilines is 1. The summed E-state index contributed by atoms with van der Waals surface area (Å²) < 4.78 is 22.7. The van der Waals surface area contributed by atoms with Crippen LogP contribution in [-0.4, -0.2) is 33.2 Å². The van der Waals surface area contributed by atoms with Gasteiger partial charge in [0.1, 0.15) is 0 Å². The van der Waals surface area contributed by atoms with E-state index in [-0.39, 0.29) is 11.5 Å². The molecule has 0 saturated carbocycles. The molecule has 1 aromatic carbocycles. The predicted octanol–water partition coefficient (Wildman–Crippen LogP) is 0.469. The lowest BCUT2D eigenvalue weighted by Crippen LogP contribution is -2.31. The van der Waals surface area contributed by atoms with Crippen LogP contribution >= 0.6 is 0 Å². The van der Waals surface area contributed by atoms with Gasteiger partial charge in [-0.25, -0.2) is 13.6 Å². The summed E-state index contributed by atoms with van der Waals surface area (Å²) >= 11 is 0. The third-order valence-corrected chi connectivity index (χ3v) is 4.10. The Bertz CT molecular complexity index is 528. The van der Waals surface area contributed by atoms with E-state index in [0.717, 1.165) is 37.2 Å². The first-order valence-electron chi connectivity index (χ1n) is 6.04. The third-order valence-electron chi connectivity index (χ3n) is 3.19. The fraction of sp³-hybridized carbons (Fsp3) is 0.500. The van der Waals surface area contributed by atoms with Gasteiger partial charge in [-0.2, -0.15) is 0 Å². The van der Waals surface area contributed by atoms with E-state index in [2.05, 4.69) is 4.90 Å². The minimum Gasteiger partial charge on any atom is -0.396 e. The molecule has 3 N–H and O–H groups in total. The smallest absolute Gasteiger partial charge is 0.238 e. The number of primary sulfonamides is 1. The number of aliphatic hydroxyl groups excluding tert-OH is 1. The number of hydrogen-bond donors (Lipinski definition) is 2. The van der Waals surface area contributed by atoms with Gasteiger partial charge in [-0.15, -0.1) is 0 Å². The Labute approximate surface area is 107 Å². The van der Waals surface area contributed by atoms with Gasteiger partial charge in [-0.1, -0.05) is 6.07 Å². The van der Waals surface area contributed by atoms with Crippen LogP contribution in [0.3, 0.4) is 0 Å². The molecule has 0 fully saturated rings. The van der Waals surface area contributed by atoms with Crippen LogP contribution in [0.4, 0.5) is 5.69 Å². The van der Waals surface area contributed by atoms with Crippen molar-refractivity contribution in [3.05, 3.63) is 23.8 Å². The zero-order valence-electron chi connectivity index (χ0n) is 10.2. The van der Waals surface area contributed by atoms with Crippen LogP contribution < -0.4 is 10.0 Å². The lowest BCUT2D eigenvalue weighted by atomic mass is 10.0. The van der Waals surface area contributed by atoms with Crippen LogP contribution in [0.25, 0.3) is 0 Å². The molecule has 0 unspecified atom stereocenters. The van der Waals surface area contributed by atoms with E-state index >= 15 is 0 Å². The summed E-state index contributed by atoms with van der Waals surface area (Å²) in [6, 6.07) is 5.03. The van der Waals surface area contributed by atoms with E-state index in [9.17, 15) is 8.42 Å². The number of aliphatic hydroxyl groups is 1. The summed E-state index contributed by atoms with van der Waals surface area (Å²) in [4.78, 5) is 2.26. The first kappa shape index (κ1) is 13.3. The Kier molecular flexibility index (Phi) is 3.89. The molecule has 1 aliphatic rings. The molecule has 1 aliphatic heterocycles. The van der Waals surface area contributed by atoms with E-state index in [0.29, 0.717) is 6.42 Å². The second-order valence-electron chi connectivity index (χ2n) is 4.50. The molecule has 0 atom stereocenters. The summed E-state index contributed by atoms with van der Waals surface area (Å²) in [7, 11) is -3.66. The van der Waals surface area contributed by atoms with Crippen LogP contribution in [0.2, 0.25) is 0 Å². The molecule has 0 aromatic heterocycles. The van der Waals surface area contributed by atoms with Gasteiger partial charge in [0.2, 0.25) is 10.0 Å². The fourth-order valence-electron chi connectivity index (χ4n) is 2.30. The minimum absolute atomic E-state index is 0.140. The van der Waals surface area contributed by atoms with Crippen molar-refractivity contribution < 1.29 is 13.5 Å². The maximum Gasteiger partial charge on any atom is 0.238 e. The first-order chi connectivity index (χ1) is 8.52. The molecule has 0 spiro atoms. The van der Waals surface area contributed by atoms with Crippen molar-refractivity contribution in [2.24, 2.45) is 5.14 Å². The van der Waals surface area contributed by atoms with Gasteiger partial charge in [0, 0.05) is 25.4 Å². The Morgan fingerprint density at radius 2 is 2.17 bits per heavy atom. The lowest BCUT2D eigenvalue weighted by Gasteiger charge is -2.31. The molecule has 2 rings (SSSR count). The molecule has 0 aliphatic carbocycles. The SMILES string of the molecule is NS(=O)(=O)c1ccc2c(c1)N(CCCO)CCC2. The highest BCUT2D eigenvalue weighted by Gasteiger charge is 2.19. The van der Waals surface area contributed by atoms with Crippen molar-refractivity contribution >= 4 is 15.7 Å². The third kappa shape index (κ3) is 2.82. The maximum absolute atomic E-state index is 11.4. The highest BCUT2D eigenvalue weighted by atomic mass is 32.2. The normalized spacial score (nSPS) is 15.6. The van der Waals surface area contributed by atoms with Gasteiger partial charge in [-0.05, 0) is 37.0 Å². The van der Waals surface area contributed by atoms with Crippen LogP contribution in [0, 0.1) is 0 Å². The van der Waals surface area contributed by atoms with Crippen molar-refractivity contribution in [3.8, 4) is 0 Å². The molecule has 6 heteroatoms. The molecule has 0 radical (unpaired) electrons. The first-order valence-corrected chi connectivity index (χ1v) is 7.58. The van der Waals surface area contributed by atoms with Crippen molar-refractivity contribution in [2.45, 2.75) is 24.2 Å². The average molecular weight is 270 g/mol. The molecule has 1 aromatic rings. The van der Waals surface area contributed by atoms with Gasteiger partial charge < -0.3 is 10.0 Å². The Balaban J connectivity index is 2.35. The van der Waals surface area contributed by atoms with Crippen molar-refractivity contribution in [1.29, 1.82) is 0 Å². The van der Waals surface area contributed by atoms with E-state index in [1.807, 2.05) is 6.07 Å². The number of nitrogens with zero attached hydrogens (tertiary/aromatic N) is 1. The second-order valence-corrected chi connectivity index (χ2v) is 6.06. The number of rotatable bonds is 4. The molecule has 0 bridgehead atoms. The zero-order valence-corrected chi connectivity index (χ0v) is 11.0. The van der Waals surface area contributed by atoms with E-state index in [1.54, 1.807) is 12.1 Å². The monoisotopic (exact) mass is 270 g/mol. The van der Waals surface area contributed by atoms with E-state index < -0.39 is 10.0 Å². The quantitative estimate of drug-likeness (QED) is 0.833. The molecule has 100 valence electrons. The Hall–Kier alpha value is -1.11. The topological polar surface area (TPSA) is 83.6 Å². The summed E-state index contributed by atoms with van der Waals surface area (Å²) in [5, 5.41) is 14.0. The van der Waals surface area contributed by atoms with Crippen LogP contribution in [0.1, 0.15) is 18.4 Å². The maximum atomic E-state index is 11.4. The van der Waals surface area contributed by atoms with Crippen molar-refractivity contribution in [3.63, 3.8) is 0 Å². The number of benzene rings is 1. The molecule has 18 heavy (non-hydrogen) atoms. The van der Waals surface area contributed by atoms with Crippen LogP contribution in [-0.2, 0) is 16.4 Å². The summed E-state index contributed by atoms with van der Waals surface area (Å²) in [6.45, 7) is 1.76. The van der Waals surface area contributed by atoms with Crippen molar-refractivity contribution in [2.75, 3.05) is 24.6 Å². The van der Waals surface area contributed by atoms with Gasteiger partial charge in [-0.3, -0.25) is 0 Å². The number of fused-ring (bicyclic) bond motifs is 1. The van der Waals surface area contributed by atoms with Crippen LogP contribution in [0.5, 0.6) is 0 Å². The largest absolute Gasteiger partial charge is 0.396 e.